The minimum atomic E-state index is 0.0261. The molecule has 2 N–H and O–H groups in total. The number of amides is 3. The van der Waals surface area contributed by atoms with Gasteiger partial charge in [-0.05, 0) is 18.8 Å². The van der Waals surface area contributed by atoms with Gasteiger partial charge in [-0.15, -0.1) is 0 Å². The number of nitrogens with one attached hydrogen (secondary N) is 2. The van der Waals surface area contributed by atoms with Crippen molar-refractivity contribution >= 4 is 11.9 Å². The Hall–Kier alpha value is -1.34. The highest BCUT2D eigenvalue weighted by atomic mass is 16.5. The zero-order valence-corrected chi connectivity index (χ0v) is 14.6. The molecule has 3 aliphatic rings. The molecule has 0 spiro atoms. The molecule has 7 nitrogen and oxygen atoms in total. The molecule has 3 fully saturated rings. The van der Waals surface area contributed by atoms with E-state index in [0.29, 0.717) is 44.8 Å². The molecule has 0 bridgehead atoms. The Morgan fingerprint density at radius 2 is 2.17 bits per heavy atom. The number of urea groups is 1. The first-order valence-electron chi connectivity index (χ1n) is 9.28. The van der Waals surface area contributed by atoms with E-state index in [2.05, 4.69) is 22.5 Å². The summed E-state index contributed by atoms with van der Waals surface area (Å²) in [7, 11) is 0. The van der Waals surface area contributed by atoms with Gasteiger partial charge in [0.1, 0.15) is 0 Å². The van der Waals surface area contributed by atoms with Crippen LogP contribution in [0.4, 0.5) is 4.79 Å². The van der Waals surface area contributed by atoms with Crippen LogP contribution < -0.4 is 10.6 Å². The third-order valence-corrected chi connectivity index (χ3v) is 5.47. The fourth-order valence-electron chi connectivity index (χ4n) is 4.00. The van der Waals surface area contributed by atoms with E-state index >= 15 is 0 Å². The zero-order chi connectivity index (χ0) is 16.9. The number of nitrogens with zero attached hydrogens (tertiary/aromatic N) is 2. The normalized spacial score (nSPS) is 30.8. The van der Waals surface area contributed by atoms with Crippen molar-refractivity contribution in [1.29, 1.82) is 0 Å². The van der Waals surface area contributed by atoms with Gasteiger partial charge in [0.15, 0.2) is 0 Å². The van der Waals surface area contributed by atoms with Crippen LogP contribution in [-0.2, 0) is 9.53 Å². The van der Waals surface area contributed by atoms with E-state index in [-0.39, 0.29) is 18.0 Å². The van der Waals surface area contributed by atoms with Gasteiger partial charge in [-0.25, -0.2) is 4.79 Å². The number of carbonyl (C=O) groups is 2. The average Bonchev–Trinajstić information content (AvgIpc) is 2.94. The average molecular weight is 338 g/mol. The van der Waals surface area contributed by atoms with Gasteiger partial charge in [-0.1, -0.05) is 19.8 Å². The van der Waals surface area contributed by atoms with Crippen molar-refractivity contribution in [2.24, 2.45) is 5.92 Å². The summed E-state index contributed by atoms with van der Waals surface area (Å²) in [4.78, 5) is 27.6. The standard InChI is InChI=1S/C17H30N4O3/c1-13-4-2-3-5-15(13)24-9-6-18-16(22)12-20-7-8-21-14(11-20)10-19-17(21)23/h13-15H,2-12H2,1H3,(H,18,22)(H,19,23). The Kier molecular flexibility index (Phi) is 5.94. The molecule has 2 saturated heterocycles. The van der Waals surface area contributed by atoms with Crippen LogP contribution in [0, 0.1) is 5.92 Å². The second-order valence-electron chi connectivity index (χ2n) is 7.29. The predicted octanol–water partition coefficient (Wildman–Crippen LogP) is 0.407. The lowest BCUT2D eigenvalue weighted by Crippen LogP contribution is -2.54. The van der Waals surface area contributed by atoms with Crippen molar-refractivity contribution in [2.75, 3.05) is 45.9 Å². The quantitative estimate of drug-likeness (QED) is 0.688. The van der Waals surface area contributed by atoms with Crippen molar-refractivity contribution < 1.29 is 14.3 Å². The molecule has 0 aromatic rings. The SMILES string of the molecule is CC1CCCCC1OCCNC(=O)CN1CCN2C(=O)NCC2C1. The topological polar surface area (TPSA) is 73.9 Å². The van der Waals surface area contributed by atoms with Gasteiger partial charge in [0.05, 0.1) is 25.3 Å². The molecule has 136 valence electrons. The fourth-order valence-corrected chi connectivity index (χ4v) is 4.00. The summed E-state index contributed by atoms with van der Waals surface area (Å²) in [5, 5.41) is 5.81. The summed E-state index contributed by atoms with van der Waals surface area (Å²) in [6.45, 7) is 6.73. The van der Waals surface area contributed by atoms with Gasteiger partial charge >= 0.3 is 6.03 Å². The van der Waals surface area contributed by atoms with Crippen LogP contribution in [0.25, 0.3) is 0 Å². The Labute approximate surface area is 144 Å². The van der Waals surface area contributed by atoms with E-state index in [0.717, 1.165) is 19.5 Å². The van der Waals surface area contributed by atoms with E-state index in [1.807, 2.05) is 4.90 Å². The lowest BCUT2D eigenvalue weighted by atomic mass is 9.88. The number of hydrogen-bond acceptors (Lipinski definition) is 4. The van der Waals surface area contributed by atoms with E-state index < -0.39 is 0 Å². The van der Waals surface area contributed by atoms with Crippen molar-refractivity contribution in [3.05, 3.63) is 0 Å². The van der Waals surface area contributed by atoms with Crippen LogP contribution >= 0.6 is 0 Å². The molecule has 3 atom stereocenters. The molecule has 7 heteroatoms. The van der Waals surface area contributed by atoms with Crippen LogP contribution in [0.5, 0.6) is 0 Å². The highest BCUT2D eigenvalue weighted by molar-refractivity contribution is 5.78. The van der Waals surface area contributed by atoms with Gasteiger partial charge in [-0.3, -0.25) is 9.69 Å². The lowest BCUT2D eigenvalue weighted by molar-refractivity contribution is -0.123. The minimum absolute atomic E-state index is 0.0261. The highest BCUT2D eigenvalue weighted by Gasteiger charge is 2.35. The van der Waals surface area contributed by atoms with Gasteiger partial charge < -0.3 is 20.3 Å². The summed E-state index contributed by atoms with van der Waals surface area (Å²) in [6.07, 6.45) is 5.32. The molecule has 0 aromatic heterocycles. The Bertz CT molecular complexity index is 459. The molecule has 1 saturated carbocycles. The van der Waals surface area contributed by atoms with Crippen molar-refractivity contribution in [1.82, 2.24) is 20.4 Å². The summed E-state index contributed by atoms with van der Waals surface area (Å²) in [6, 6.07) is 0.230. The van der Waals surface area contributed by atoms with Crippen molar-refractivity contribution in [3.8, 4) is 0 Å². The number of rotatable bonds is 6. The van der Waals surface area contributed by atoms with Crippen LogP contribution in [0.15, 0.2) is 0 Å². The van der Waals surface area contributed by atoms with E-state index in [1.165, 1.54) is 19.3 Å². The fraction of sp³-hybridized carbons (Fsp3) is 0.882. The van der Waals surface area contributed by atoms with Crippen LogP contribution in [-0.4, -0.2) is 79.8 Å². The molecule has 0 radical (unpaired) electrons. The predicted molar refractivity (Wildman–Crippen MR) is 90.7 cm³/mol. The Morgan fingerprint density at radius 1 is 1.33 bits per heavy atom. The first-order valence-corrected chi connectivity index (χ1v) is 9.28. The minimum Gasteiger partial charge on any atom is -0.376 e. The number of ether oxygens (including phenoxy) is 1. The molecule has 1 aliphatic carbocycles. The number of piperazine rings is 1. The Balaban J connectivity index is 1.29. The first kappa shape index (κ1) is 17.5. The summed E-state index contributed by atoms with van der Waals surface area (Å²) in [5.41, 5.74) is 0. The van der Waals surface area contributed by atoms with E-state index in [1.54, 1.807) is 0 Å². The third kappa shape index (κ3) is 4.39. The number of hydrogen-bond donors (Lipinski definition) is 2. The molecular weight excluding hydrogens is 308 g/mol. The van der Waals surface area contributed by atoms with E-state index in [4.69, 9.17) is 4.74 Å². The van der Waals surface area contributed by atoms with Crippen LogP contribution in [0.3, 0.4) is 0 Å². The summed E-state index contributed by atoms with van der Waals surface area (Å²) >= 11 is 0. The lowest BCUT2D eigenvalue weighted by Gasteiger charge is -2.35. The van der Waals surface area contributed by atoms with Gasteiger partial charge in [0, 0.05) is 32.7 Å². The second-order valence-corrected chi connectivity index (χ2v) is 7.29. The summed E-state index contributed by atoms with van der Waals surface area (Å²) < 4.78 is 5.92. The smallest absolute Gasteiger partial charge is 0.317 e. The highest BCUT2D eigenvalue weighted by Crippen LogP contribution is 2.25. The van der Waals surface area contributed by atoms with Crippen LogP contribution in [0.1, 0.15) is 32.6 Å². The monoisotopic (exact) mass is 338 g/mol. The van der Waals surface area contributed by atoms with Gasteiger partial charge in [-0.2, -0.15) is 0 Å². The number of fused-ring (bicyclic) bond motifs is 1. The van der Waals surface area contributed by atoms with Gasteiger partial charge in [0.25, 0.3) is 0 Å². The summed E-state index contributed by atoms with van der Waals surface area (Å²) in [5.74, 6) is 0.675. The first-order chi connectivity index (χ1) is 11.6. The van der Waals surface area contributed by atoms with Crippen molar-refractivity contribution in [2.45, 2.75) is 44.8 Å². The van der Waals surface area contributed by atoms with Crippen LogP contribution in [0.2, 0.25) is 0 Å². The molecule has 3 amide bonds. The molecule has 3 unspecified atom stereocenters. The van der Waals surface area contributed by atoms with Gasteiger partial charge in [0.2, 0.25) is 5.91 Å². The maximum absolute atomic E-state index is 12.1. The number of carbonyl (C=O) groups excluding carboxylic acids is 2. The molecule has 24 heavy (non-hydrogen) atoms. The maximum Gasteiger partial charge on any atom is 0.317 e. The van der Waals surface area contributed by atoms with Crippen molar-refractivity contribution in [3.63, 3.8) is 0 Å². The zero-order valence-electron chi connectivity index (χ0n) is 14.6. The molecule has 2 heterocycles. The van der Waals surface area contributed by atoms with E-state index in [9.17, 15) is 9.59 Å². The third-order valence-electron chi connectivity index (χ3n) is 5.47. The molecule has 0 aromatic carbocycles. The maximum atomic E-state index is 12.1. The molecule has 2 aliphatic heterocycles. The molecular formula is C17H30N4O3. The Morgan fingerprint density at radius 3 is 3.00 bits per heavy atom. The molecule has 3 rings (SSSR count). The second kappa shape index (κ2) is 8.16. The largest absolute Gasteiger partial charge is 0.376 e.